The second-order valence-corrected chi connectivity index (χ2v) is 9.11. The van der Waals surface area contributed by atoms with Gasteiger partial charge >= 0.3 is 0 Å². The van der Waals surface area contributed by atoms with Gasteiger partial charge in [-0.2, -0.15) is 0 Å². The smallest absolute Gasteiger partial charge is 0.0950 e. The largest absolute Gasteiger partial charge is 0.383 e. The number of anilines is 2. The summed E-state index contributed by atoms with van der Waals surface area (Å²) in [4.78, 5) is 13.5. The Hall–Kier alpha value is -3.67. The Morgan fingerprint density at radius 3 is 2.62 bits per heavy atom. The number of allylic oxidation sites excluding steroid dienone is 3. The molecule has 0 amide bonds. The highest BCUT2D eigenvalue weighted by Gasteiger charge is 2.28. The molecular weight excluding hydrogens is 456 g/mol. The van der Waals surface area contributed by atoms with E-state index in [4.69, 9.17) is 0 Å². The molecule has 3 unspecified atom stereocenters. The topological polar surface area (TPSA) is 67.1 Å². The maximum Gasteiger partial charge on any atom is 0.0950 e. The monoisotopic (exact) mass is 500 g/mol. The molecule has 3 aromatic rings. The van der Waals surface area contributed by atoms with Crippen LogP contribution in [0.3, 0.4) is 0 Å². The Kier molecular flexibility index (Phi) is 10.7. The van der Waals surface area contributed by atoms with E-state index < -0.39 is 0 Å². The van der Waals surface area contributed by atoms with Gasteiger partial charge in [0, 0.05) is 43.4 Å². The van der Waals surface area contributed by atoms with E-state index in [1.807, 2.05) is 69.8 Å². The zero-order chi connectivity index (χ0) is 26.6. The number of para-hydroxylation sites is 2. The molecule has 4 rings (SSSR count). The third-order valence-electron chi connectivity index (χ3n) is 6.37. The minimum atomic E-state index is 0. The number of rotatable bonds is 11. The molecule has 2 heterocycles. The molecule has 37 heavy (non-hydrogen) atoms. The van der Waals surface area contributed by atoms with Gasteiger partial charge in [0.05, 0.1) is 29.4 Å². The second kappa shape index (κ2) is 14.2. The van der Waals surface area contributed by atoms with Crippen molar-refractivity contribution in [1.82, 2.24) is 19.9 Å². The van der Waals surface area contributed by atoms with E-state index in [9.17, 15) is 0 Å². The van der Waals surface area contributed by atoms with Crippen LogP contribution in [-0.2, 0) is 0 Å². The third kappa shape index (κ3) is 7.66. The molecular formula is C31H44N6. The standard InChI is InChI=1S/C29H36N6.C2H6.H2/c1-5-9-21(3)25(29-19-30-20-35(29)24-12-13-24)15-17-32-22(4)28-18-23(14-16-33-28)34-27-11-8-7-10-26(27)31-6-2;1-2;/h5-11,14-22,24-25,32H,12-13H2,1-4H3,(H,33,34);1-2H3;1H/b9-5-,17-15+,31-6?;;. The first-order chi connectivity index (χ1) is 18.1. The summed E-state index contributed by atoms with van der Waals surface area (Å²) in [6.45, 7) is 12.4. The highest BCUT2D eigenvalue weighted by Crippen LogP contribution is 2.39. The summed E-state index contributed by atoms with van der Waals surface area (Å²) in [5.41, 5.74) is 5.11. The van der Waals surface area contributed by atoms with Crippen LogP contribution < -0.4 is 10.6 Å². The first-order valence-corrected chi connectivity index (χ1v) is 13.5. The number of nitrogens with zero attached hydrogens (tertiary/aromatic N) is 4. The molecule has 1 aromatic carbocycles. The third-order valence-corrected chi connectivity index (χ3v) is 6.37. The lowest BCUT2D eigenvalue weighted by Crippen LogP contribution is -2.15. The van der Waals surface area contributed by atoms with Crippen molar-refractivity contribution in [2.75, 3.05) is 5.32 Å². The fraction of sp³-hybridized carbons (Fsp3) is 0.387. The van der Waals surface area contributed by atoms with E-state index in [1.165, 1.54) is 18.5 Å². The van der Waals surface area contributed by atoms with Crippen molar-refractivity contribution in [1.29, 1.82) is 0 Å². The number of nitrogens with one attached hydrogen (secondary N) is 2. The minimum Gasteiger partial charge on any atom is -0.383 e. The van der Waals surface area contributed by atoms with Crippen LogP contribution in [0.5, 0.6) is 0 Å². The van der Waals surface area contributed by atoms with E-state index >= 15 is 0 Å². The minimum absolute atomic E-state index is 0. The molecule has 0 aliphatic heterocycles. The average molecular weight is 501 g/mol. The Balaban J connectivity index is 0.00000165. The van der Waals surface area contributed by atoms with Crippen LogP contribution in [-0.4, -0.2) is 20.7 Å². The summed E-state index contributed by atoms with van der Waals surface area (Å²) in [6.07, 6.45) is 18.9. The number of aliphatic imine (C=N–C) groups is 1. The molecule has 6 heteroatoms. The van der Waals surface area contributed by atoms with Crippen molar-refractivity contribution >= 4 is 23.3 Å². The van der Waals surface area contributed by atoms with Gasteiger partial charge in [-0.1, -0.05) is 51.1 Å². The van der Waals surface area contributed by atoms with Crippen molar-refractivity contribution in [2.24, 2.45) is 10.9 Å². The summed E-state index contributed by atoms with van der Waals surface area (Å²) in [5.74, 6) is 0.629. The van der Waals surface area contributed by atoms with Gasteiger partial charge in [-0.3, -0.25) is 9.98 Å². The molecule has 0 bridgehead atoms. The number of hydrogen-bond donors (Lipinski definition) is 2. The highest BCUT2D eigenvalue weighted by atomic mass is 15.1. The molecule has 1 fully saturated rings. The first kappa shape index (κ1) is 27.9. The number of aromatic nitrogens is 3. The van der Waals surface area contributed by atoms with E-state index in [0.717, 1.165) is 22.8 Å². The van der Waals surface area contributed by atoms with E-state index in [2.05, 4.69) is 81.4 Å². The predicted molar refractivity (Wildman–Crippen MR) is 159 cm³/mol. The van der Waals surface area contributed by atoms with Crippen molar-refractivity contribution in [3.8, 4) is 0 Å². The quantitative estimate of drug-likeness (QED) is 0.204. The molecule has 3 atom stereocenters. The van der Waals surface area contributed by atoms with Gasteiger partial charge in [0.2, 0.25) is 0 Å². The van der Waals surface area contributed by atoms with Crippen molar-refractivity contribution in [3.63, 3.8) is 0 Å². The number of imidazole rings is 1. The van der Waals surface area contributed by atoms with Crippen molar-refractivity contribution in [3.05, 3.63) is 90.9 Å². The van der Waals surface area contributed by atoms with Gasteiger partial charge in [-0.25, -0.2) is 4.98 Å². The predicted octanol–water partition coefficient (Wildman–Crippen LogP) is 8.51. The molecule has 2 aromatic heterocycles. The van der Waals surface area contributed by atoms with Crippen molar-refractivity contribution in [2.45, 2.75) is 72.4 Å². The maximum absolute atomic E-state index is 4.61. The van der Waals surface area contributed by atoms with Gasteiger partial charge in [0.15, 0.2) is 0 Å². The van der Waals surface area contributed by atoms with Crippen LogP contribution in [0.2, 0.25) is 0 Å². The first-order valence-electron chi connectivity index (χ1n) is 13.5. The van der Waals surface area contributed by atoms with Crippen LogP contribution in [0, 0.1) is 5.92 Å². The summed E-state index contributed by atoms with van der Waals surface area (Å²) >= 11 is 0. The van der Waals surface area contributed by atoms with Crippen molar-refractivity contribution < 1.29 is 1.43 Å². The Morgan fingerprint density at radius 2 is 1.89 bits per heavy atom. The Labute approximate surface area is 224 Å². The van der Waals surface area contributed by atoms with E-state index in [0.29, 0.717) is 12.0 Å². The average Bonchev–Trinajstić information content (AvgIpc) is 3.66. The van der Waals surface area contributed by atoms with Gasteiger partial charge in [0.1, 0.15) is 0 Å². The lowest BCUT2D eigenvalue weighted by Gasteiger charge is -2.21. The van der Waals surface area contributed by atoms with Crippen LogP contribution in [0.25, 0.3) is 0 Å². The van der Waals surface area contributed by atoms with E-state index in [-0.39, 0.29) is 13.4 Å². The second-order valence-electron chi connectivity index (χ2n) is 9.11. The van der Waals surface area contributed by atoms with Crippen LogP contribution in [0.15, 0.2) is 84.5 Å². The molecule has 0 spiro atoms. The molecule has 0 saturated heterocycles. The fourth-order valence-corrected chi connectivity index (χ4v) is 4.34. The molecule has 0 radical (unpaired) electrons. The molecule has 1 saturated carbocycles. The van der Waals surface area contributed by atoms with Gasteiger partial charge in [0.25, 0.3) is 0 Å². The van der Waals surface area contributed by atoms with Gasteiger partial charge < -0.3 is 15.2 Å². The van der Waals surface area contributed by atoms with Crippen LogP contribution >= 0.6 is 0 Å². The van der Waals surface area contributed by atoms with Gasteiger partial charge in [-0.05, 0) is 70.0 Å². The van der Waals surface area contributed by atoms with E-state index in [1.54, 1.807) is 6.21 Å². The van der Waals surface area contributed by atoms with Crippen LogP contribution in [0.4, 0.5) is 17.1 Å². The summed E-state index contributed by atoms with van der Waals surface area (Å²) in [6, 6.07) is 12.8. The molecule has 1 aliphatic carbocycles. The summed E-state index contributed by atoms with van der Waals surface area (Å²) in [7, 11) is 0. The molecule has 198 valence electrons. The van der Waals surface area contributed by atoms with Crippen LogP contribution in [0.1, 0.15) is 85.2 Å². The number of pyridine rings is 1. The number of hydrogen-bond acceptors (Lipinski definition) is 5. The lowest BCUT2D eigenvalue weighted by molar-refractivity contribution is 0.571. The zero-order valence-corrected chi connectivity index (χ0v) is 23.1. The SMILES string of the molecule is CC.CC=Nc1ccccc1Nc1ccnc(C(C)N/C=C/C(c2cncn2C2CC2)C(C)/C=C\C)c1.[HH]. The molecule has 2 N–H and O–H groups in total. The Morgan fingerprint density at radius 1 is 1.11 bits per heavy atom. The highest BCUT2D eigenvalue weighted by molar-refractivity contribution is 5.75. The molecule has 6 nitrogen and oxygen atoms in total. The zero-order valence-electron chi connectivity index (χ0n) is 23.1. The summed E-state index contributed by atoms with van der Waals surface area (Å²) < 4.78 is 2.36. The molecule has 1 aliphatic rings. The maximum atomic E-state index is 4.61. The normalized spacial score (nSPS) is 15.9. The van der Waals surface area contributed by atoms with Gasteiger partial charge in [-0.15, -0.1) is 0 Å². The Bertz CT molecular complexity index is 1190. The fourth-order valence-electron chi connectivity index (χ4n) is 4.34. The number of benzene rings is 1. The lowest BCUT2D eigenvalue weighted by atomic mass is 9.90. The summed E-state index contributed by atoms with van der Waals surface area (Å²) in [5, 5.41) is 7.01.